The van der Waals surface area contributed by atoms with Crippen LogP contribution in [0.3, 0.4) is 0 Å². The van der Waals surface area contributed by atoms with Crippen molar-refractivity contribution in [3.63, 3.8) is 0 Å². The van der Waals surface area contributed by atoms with Crippen LogP contribution >= 0.6 is 0 Å². The molecule has 0 saturated heterocycles. The van der Waals surface area contributed by atoms with Crippen LogP contribution in [0, 0.1) is 0 Å². The molecule has 0 spiro atoms. The fraction of sp³-hybridized carbons (Fsp3) is 0. The van der Waals surface area contributed by atoms with Gasteiger partial charge in [-0.05, 0) is 86.1 Å². The summed E-state index contributed by atoms with van der Waals surface area (Å²) in [4.78, 5) is 0. The van der Waals surface area contributed by atoms with E-state index in [1.54, 1.807) is 0 Å². The van der Waals surface area contributed by atoms with Gasteiger partial charge in [0.05, 0.1) is 16.6 Å². The Hall–Kier alpha value is -6.42. The van der Waals surface area contributed by atoms with Crippen molar-refractivity contribution in [2.45, 2.75) is 0 Å². The fourth-order valence-electron chi connectivity index (χ4n) is 8.43. The van der Waals surface area contributed by atoms with Crippen LogP contribution in [-0.4, -0.2) is 17.2 Å². The molecule has 0 unspecified atom stereocenters. The third-order valence-corrected chi connectivity index (χ3v) is 15.5. The van der Waals surface area contributed by atoms with E-state index in [1.807, 2.05) is 0 Å². The number of nitrogens with zero attached hydrogens (tertiary/aromatic N) is 2. The van der Waals surface area contributed by atoms with Gasteiger partial charge in [0, 0.05) is 33.7 Å². The van der Waals surface area contributed by atoms with Gasteiger partial charge in [-0.3, -0.25) is 0 Å². The smallest absolute Gasteiger partial charge is 0.179 e. The van der Waals surface area contributed by atoms with Gasteiger partial charge in [0.15, 0.2) is 8.07 Å². The van der Waals surface area contributed by atoms with Crippen LogP contribution in [0.25, 0.3) is 54.9 Å². The predicted molar refractivity (Wildman–Crippen MR) is 219 cm³/mol. The Kier molecular flexibility index (Phi) is 6.86. The highest BCUT2D eigenvalue weighted by Gasteiger charge is 2.41. The first kappa shape index (κ1) is 29.5. The number of aromatic nitrogens is 2. The van der Waals surface area contributed by atoms with Crippen molar-refractivity contribution < 1.29 is 0 Å². The predicted octanol–water partition coefficient (Wildman–Crippen LogP) is 9.26. The summed E-state index contributed by atoms with van der Waals surface area (Å²) < 4.78 is 4.73. The Labute approximate surface area is 298 Å². The van der Waals surface area contributed by atoms with Crippen LogP contribution in [-0.2, 0) is 0 Å². The minimum atomic E-state index is -2.61. The Morgan fingerprint density at radius 2 is 0.843 bits per heavy atom. The van der Waals surface area contributed by atoms with Gasteiger partial charge in [-0.25, -0.2) is 0 Å². The molecule has 3 heteroatoms. The third kappa shape index (κ3) is 4.56. The number of fused-ring (bicyclic) bond motifs is 6. The molecule has 2 aromatic heterocycles. The number of hydrogen-bond donors (Lipinski definition) is 0. The van der Waals surface area contributed by atoms with Crippen molar-refractivity contribution in [3.8, 4) is 11.4 Å². The van der Waals surface area contributed by atoms with Crippen molar-refractivity contribution in [1.82, 2.24) is 9.13 Å². The molecule has 0 aliphatic carbocycles. The molecule has 2 nitrogen and oxygen atoms in total. The van der Waals surface area contributed by atoms with E-state index in [9.17, 15) is 0 Å². The second kappa shape index (κ2) is 11.9. The molecule has 0 fully saturated rings. The maximum atomic E-state index is 2.45. The summed E-state index contributed by atoms with van der Waals surface area (Å²) in [6.45, 7) is 0. The van der Waals surface area contributed by atoms with Gasteiger partial charge in [-0.15, -0.1) is 0 Å². The number of rotatable bonds is 6. The Balaban J connectivity index is 1.18. The molecule has 0 atom stereocenters. The molecule has 8 aromatic carbocycles. The Morgan fingerprint density at radius 1 is 0.314 bits per heavy atom. The van der Waals surface area contributed by atoms with E-state index in [2.05, 4.69) is 216 Å². The van der Waals surface area contributed by atoms with E-state index in [4.69, 9.17) is 0 Å². The molecule has 10 aromatic rings. The standard InChI is InChI=1S/C48H34N2Si/c1-5-15-36(16-6-1)49-32-31-43-44-34-45-42-23-13-14-24-47(42)50(48(45)33-35(44)25-30-46(43)49)37-26-28-41(29-27-37)51(38-17-7-2-8-18-38,39-19-9-3-10-20-39)40-21-11-4-12-22-40/h1-34H. The second-order valence-corrected chi connectivity index (χ2v) is 17.2. The quantitative estimate of drug-likeness (QED) is 0.124. The van der Waals surface area contributed by atoms with Crippen molar-refractivity contribution in [2.24, 2.45) is 0 Å². The van der Waals surface area contributed by atoms with Crippen molar-refractivity contribution in [2.75, 3.05) is 0 Å². The Morgan fingerprint density at radius 3 is 1.47 bits per heavy atom. The van der Waals surface area contributed by atoms with Crippen LogP contribution in [0.1, 0.15) is 0 Å². The average molecular weight is 667 g/mol. The maximum absolute atomic E-state index is 2.61. The number of hydrogen-bond acceptors (Lipinski definition) is 0. The Bertz CT molecular complexity index is 2720. The van der Waals surface area contributed by atoms with Crippen LogP contribution in [0.5, 0.6) is 0 Å². The summed E-state index contributed by atoms with van der Waals surface area (Å²) in [5.74, 6) is 0. The first-order valence-electron chi connectivity index (χ1n) is 17.6. The highest BCUT2D eigenvalue weighted by atomic mass is 28.3. The number of para-hydroxylation sites is 2. The summed E-state index contributed by atoms with van der Waals surface area (Å²) >= 11 is 0. The number of benzene rings is 8. The van der Waals surface area contributed by atoms with Gasteiger partial charge in [0.2, 0.25) is 0 Å². The van der Waals surface area contributed by atoms with Crippen molar-refractivity contribution in [3.05, 3.63) is 206 Å². The van der Waals surface area contributed by atoms with Gasteiger partial charge < -0.3 is 9.13 Å². The fourth-order valence-corrected chi connectivity index (χ4v) is 13.2. The molecule has 2 heterocycles. The molecule has 0 aliphatic heterocycles. The zero-order valence-electron chi connectivity index (χ0n) is 28.0. The van der Waals surface area contributed by atoms with Gasteiger partial charge in [-0.2, -0.15) is 0 Å². The summed E-state index contributed by atoms with van der Waals surface area (Å²) in [6, 6.07) is 73.9. The summed E-state index contributed by atoms with van der Waals surface area (Å²) in [5.41, 5.74) is 5.99. The molecular weight excluding hydrogens is 633 g/mol. The van der Waals surface area contributed by atoms with Gasteiger partial charge in [-0.1, -0.05) is 146 Å². The minimum absolute atomic E-state index is 1.16. The molecule has 0 saturated carbocycles. The minimum Gasteiger partial charge on any atom is -0.317 e. The van der Waals surface area contributed by atoms with Crippen LogP contribution < -0.4 is 20.7 Å². The van der Waals surface area contributed by atoms with Crippen LogP contribution in [0.15, 0.2) is 206 Å². The molecule has 0 radical (unpaired) electrons. The third-order valence-electron chi connectivity index (χ3n) is 10.7. The van der Waals surface area contributed by atoms with E-state index >= 15 is 0 Å². The SMILES string of the molecule is c1ccc(-n2ccc3c4cc5c6ccccc6n(-c6ccc([Si](c7ccccc7)(c7ccccc7)c7ccccc7)cc6)c5cc4ccc32)cc1. The largest absolute Gasteiger partial charge is 0.317 e. The normalized spacial score (nSPS) is 11.9. The van der Waals surface area contributed by atoms with E-state index < -0.39 is 8.07 Å². The first-order chi connectivity index (χ1) is 25.3. The van der Waals surface area contributed by atoms with Crippen LogP contribution in [0.4, 0.5) is 0 Å². The lowest BCUT2D eigenvalue weighted by Crippen LogP contribution is -2.74. The van der Waals surface area contributed by atoms with Crippen LogP contribution in [0.2, 0.25) is 0 Å². The zero-order valence-corrected chi connectivity index (χ0v) is 29.0. The monoisotopic (exact) mass is 666 g/mol. The van der Waals surface area contributed by atoms with E-state index in [0.717, 1.165) is 5.69 Å². The summed E-state index contributed by atoms with van der Waals surface area (Å²) in [5, 5.41) is 11.8. The molecule has 240 valence electrons. The van der Waals surface area contributed by atoms with Crippen molar-refractivity contribution >= 4 is 72.3 Å². The molecule has 0 aliphatic rings. The lowest BCUT2D eigenvalue weighted by Gasteiger charge is -2.34. The first-order valence-corrected chi connectivity index (χ1v) is 19.6. The highest BCUT2D eigenvalue weighted by Crippen LogP contribution is 2.37. The van der Waals surface area contributed by atoms with E-state index in [0.29, 0.717) is 0 Å². The lowest BCUT2D eigenvalue weighted by molar-refractivity contribution is 1.13. The molecule has 51 heavy (non-hydrogen) atoms. The van der Waals surface area contributed by atoms with Gasteiger partial charge >= 0.3 is 0 Å². The second-order valence-electron chi connectivity index (χ2n) is 13.4. The van der Waals surface area contributed by atoms with Gasteiger partial charge in [0.1, 0.15) is 0 Å². The maximum Gasteiger partial charge on any atom is 0.179 e. The lowest BCUT2D eigenvalue weighted by atomic mass is 10.0. The topological polar surface area (TPSA) is 9.86 Å². The van der Waals surface area contributed by atoms with E-state index in [-0.39, 0.29) is 0 Å². The van der Waals surface area contributed by atoms with Crippen molar-refractivity contribution in [1.29, 1.82) is 0 Å². The molecule has 0 bridgehead atoms. The van der Waals surface area contributed by atoms with E-state index in [1.165, 1.54) is 69.9 Å². The highest BCUT2D eigenvalue weighted by molar-refractivity contribution is 7.19. The average Bonchev–Trinajstić information content (AvgIpc) is 3.79. The zero-order chi connectivity index (χ0) is 33.8. The van der Waals surface area contributed by atoms with Gasteiger partial charge in [0.25, 0.3) is 0 Å². The summed E-state index contributed by atoms with van der Waals surface area (Å²) in [7, 11) is -2.61. The molecule has 0 amide bonds. The molecular formula is C48H34N2Si. The molecule has 0 N–H and O–H groups in total. The summed E-state index contributed by atoms with van der Waals surface area (Å²) in [6.07, 6.45) is 2.19. The molecule has 10 rings (SSSR count).